The number of hydrogen-bond donors (Lipinski definition) is 1. The first-order valence-corrected chi connectivity index (χ1v) is 6.28. The molecular formula is C13H18N4O. The lowest BCUT2D eigenvalue weighted by molar-refractivity contribution is 0.105. The summed E-state index contributed by atoms with van der Waals surface area (Å²) < 4.78 is 0. The van der Waals surface area contributed by atoms with Crippen LogP contribution in [-0.4, -0.2) is 34.3 Å². The predicted molar refractivity (Wildman–Crippen MR) is 68.1 cm³/mol. The second kappa shape index (κ2) is 5.32. The fourth-order valence-electron chi connectivity index (χ4n) is 2.46. The monoisotopic (exact) mass is 246 g/mol. The van der Waals surface area contributed by atoms with E-state index < -0.39 is 0 Å². The van der Waals surface area contributed by atoms with Crippen LogP contribution >= 0.6 is 0 Å². The molecule has 1 heterocycles. The van der Waals surface area contributed by atoms with Gasteiger partial charge in [-0.2, -0.15) is 5.26 Å². The van der Waals surface area contributed by atoms with Gasteiger partial charge in [0.25, 0.3) is 0 Å². The van der Waals surface area contributed by atoms with Crippen LogP contribution in [0.4, 0.5) is 5.95 Å². The molecule has 1 aromatic heterocycles. The van der Waals surface area contributed by atoms with Crippen molar-refractivity contribution in [3.8, 4) is 6.07 Å². The van der Waals surface area contributed by atoms with Crippen LogP contribution in [0.25, 0.3) is 0 Å². The Morgan fingerprint density at radius 1 is 1.39 bits per heavy atom. The summed E-state index contributed by atoms with van der Waals surface area (Å²) in [5, 5.41) is 19.0. The fraction of sp³-hybridized carbons (Fsp3) is 0.615. The Balaban J connectivity index is 2.25. The molecule has 5 nitrogen and oxygen atoms in total. The van der Waals surface area contributed by atoms with Crippen LogP contribution in [0.2, 0.25) is 0 Å². The summed E-state index contributed by atoms with van der Waals surface area (Å²) >= 11 is 0. The first-order valence-electron chi connectivity index (χ1n) is 6.28. The molecule has 0 bridgehead atoms. The standard InChI is InChI=1S/C13H18N4O/c1-9-7-10(8-14)16-13(15-9)17(2)11-5-3-4-6-12(11)18/h7,11-12,18H,3-6H2,1-2H3. The third-order valence-electron chi connectivity index (χ3n) is 3.46. The number of aliphatic hydroxyl groups is 1. The lowest BCUT2D eigenvalue weighted by atomic mass is 9.92. The number of hydrogen-bond acceptors (Lipinski definition) is 5. The van der Waals surface area contributed by atoms with Crippen molar-refractivity contribution in [2.45, 2.75) is 44.8 Å². The Labute approximate surface area is 107 Å². The zero-order valence-electron chi connectivity index (χ0n) is 10.8. The number of rotatable bonds is 2. The molecule has 2 rings (SSSR count). The number of aliphatic hydroxyl groups excluding tert-OH is 1. The second-order valence-electron chi connectivity index (χ2n) is 4.84. The van der Waals surface area contributed by atoms with E-state index in [9.17, 15) is 5.11 Å². The molecule has 2 atom stereocenters. The van der Waals surface area contributed by atoms with Crippen LogP contribution in [-0.2, 0) is 0 Å². The van der Waals surface area contributed by atoms with Gasteiger partial charge in [-0.1, -0.05) is 12.8 Å². The molecule has 0 aliphatic heterocycles. The van der Waals surface area contributed by atoms with Gasteiger partial charge in [0.1, 0.15) is 11.8 Å². The molecule has 0 amide bonds. The molecule has 1 aliphatic carbocycles. The van der Waals surface area contributed by atoms with Gasteiger partial charge in [-0.25, -0.2) is 9.97 Å². The lowest BCUT2D eigenvalue weighted by Gasteiger charge is -2.35. The number of anilines is 1. The van der Waals surface area contributed by atoms with E-state index in [0.717, 1.165) is 31.4 Å². The minimum Gasteiger partial charge on any atom is -0.391 e. The molecule has 1 aliphatic rings. The predicted octanol–water partition coefficient (Wildman–Crippen LogP) is 1.40. The minimum absolute atomic E-state index is 0.0482. The van der Waals surface area contributed by atoms with Crippen LogP contribution in [0.15, 0.2) is 6.07 Å². The summed E-state index contributed by atoms with van der Waals surface area (Å²) in [4.78, 5) is 10.4. The maximum absolute atomic E-state index is 10.0. The smallest absolute Gasteiger partial charge is 0.226 e. The maximum Gasteiger partial charge on any atom is 0.226 e. The number of aromatic nitrogens is 2. The van der Waals surface area contributed by atoms with Crippen molar-refractivity contribution < 1.29 is 5.11 Å². The largest absolute Gasteiger partial charge is 0.391 e. The summed E-state index contributed by atoms with van der Waals surface area (Å²) in [6.45, 7) is 1.84. The first-order chi connectivity index (χ1) is 8.61. The van der Waals surface area contributed by atoms with Gasteiger partial charge in [0.2, 0.25) is 5.95 Å². The molecule has 5 heteroatoms. The van der Waals surface area contributed by atoms with Crippen molar-refractivity contribution in [1.82, 2.24) is 9.97 Å². The van der Waals surface area contributed by atoms with Crippen molar-refractivity contribution in [1.29, 1.82) is 5.26 Å². The van der Waals surface area contributed by atoms with Gasteiger partial charge >= 0.3 is 0 Å². The zero-order valence-corrected chi connectivity index (χ0v) is 10.8. The summed E-state index contributed by atoms with van der Waals surface area (Å²) in [5.41, 5.74) is 1.14. The van der Waals surface area contributed by atoms with Gasteiger partial charge in [-0.05, 0) is 25.8 Å². The third-order valence-corrected chi connectivity index (χ3v) is 3.46. The first kappa shape index (κ1) is 12.8. The quantitative estimate of drug-likeness (QED) is 0.853. The third kappa shape index (κ3) is 2.59. The van der Waals surface area contributed by atoms with E-state index in [1.54, 1.807) is 6.07 Å². The van der Waals surface area contributed by atoms with Gasteiger partial charge in [-0.3, -0.25) is 0 Å². The SMILES string of the molecule is Cc1cc(C#N)nc(N(C)C2CCCCC2O)n1. The second-order valence-corrected chi connectivity index (χ2v) is 4.84. The number of likely N-dealkylation sites (N-methyl/N-ethyl adjacent to an activating group) is 1. The van der Waals surface area contributed by atoms with Gasteiger partial charge < -0.3 is 10.0 Å². The molecule has 0 radical (unpaired) electrons. The molecule has 1 fully saturated rings. The summed E-state index contributed by atoms with van der Waals surface area (Å²) in [6, 6.07) is 3.75. The molecule has 96 valence electrons. The van der Waals surface area contributed by atoms with Crippen LogP contribution in [0.1, 0.15) is 37.1 Å². The Morgan fingerprint density at radius 3 is 2.78 bits per heavy atom. The topological polar surface area (TPSA) is 73.0 Å². The fourth-order valence-corrected chi connectivity index (χ4v) is 2.46. The molecule has 18 heavy (non-hydrogen) atoms. The highest BCUT2D eigenvalue weighted by molar-refractivity contribution is 5.36. The highest BCUT2D eigenvalue weighted by atomic mass is 16.3. The molecule has 2 unspecified atom stereocenters. The van der Waals surface area contributed by atoms with Crippen molar-refractivity contribution in [2.75, 3.05) is 11.9 Å². The molecule has 0 spiro atoms. The highest BCUT2D eigenvalue weighted by Gasteiger charge is 2.28. The Morgan fingerprint density at radius 2 is 2.11 bits per heavy atom. The van der Waals surface area contributed by atoms with Gasteiger partial charge in [0, 0.05) is 12.7 Å². The average molecular weight is 246 g/mol. The van der Waals surface area contributed by atoms with E-state index >= 15 is 0 Å². The summed E-state index contributed by atoms with van der Waals surface area (Å²) in [7, 11) is 1.88. The summed E-state index contributed by atoms with van der Waals surface area (Å²) in [6.07, 6.45) is 3.62. The van der Waals surface area contributed by atoms with Crippen molar-refractivity contribution in [2.24, 2.45) is 0 Å². The number of nitrogens with zero attached hydrogens (tertiary/aromatic N) is 4. The Bertz CT molecular complexity index is 469. The van der Waals surface area contributed by atoms with Crippen molar-refractivity contribution >= 4 is 5.95 Å². The average Bonchev–Trinajstić information content (AvgIpc) is 2.37. The van der Waals surface area contributed by atoms with Crippen molar-refractivity contribution in [3.63, 3.8) is 0 Å². The highest BCUT2D eigenvalue weighted by Crippen LogP contribution is 2.24. The van der Waals surface area contributed by atoms with E-state index in [2.05, 4.69) is 9.97 Å². The minimum atomic E-state index is -0.335. The Hall–Kier alpha value is -1.67. The molecule has 0 saturated heterocycles. The van der Waals surface area contributed by atoms with Crippen LogP contribution in [0.3, 0.4) is 0 Å². The number of nitriles is 1. The Kier molecular flexibility index (Phi) is 3.78. The maximum atomic E-state index is 10.0. The van der Waals surface area contributed by atoms with Gasteiger partial charge in [0.05, 0.1) is 12.1 Å². The molecule has 0 aromatic carbocycles. The van der Waals surface area contributed by atoms with E-state index in [4.69, 9.17) is 5.26 Å². The molecule has 1 aromatic rings. The van der Waals surface area contributed by atoms with E-state index in [-0.39, 0.29) is 12.1 Å². The van der Waals surface area contributed by atoms with Gasteiger partial charge in [0.15, 0.2) is 0 Å². The zero-order chi connectivity index (χ0) is 13.1. The molecule has 1 N–H and O–H groups in total. The molecular weight excluding hydrogens is 228 g/mol. The van der Waals surface area contributed by atoms with Crippen LogP contribution < -0.4 is 4.90 Å². The summed E-state index contributed by atoms with van der Waals surface area (Å²) in [5.74, 6) is 0.525. The molecule has 1 saturated carbocycles. The van der Waals surface area contributed by atoms with E-state index in [1.807, 2.05) is 24.9 Å². The lowest BCUT2D eigenvalue weighted by Crippen LogP contribution is -2.44. The normalized spacial score (nSPS) is 23.4. The van der Waals surface area contributed by atoms with Crippen molar-refractivity contribution in [3.05, 3.63) is 17.5 Å². The van der Waals surface area contributed by atoms with E-state index in [1.165, 1.54) is 0 Å². The van der Waals surface area contributed by atoms with Crippen LogP contribution in [0.5, 0.6) is 0 Å². The van der Waals surface area contributed by atoms with Crippen LogP contribution in [0, 0.1) is 18.3 Å². The van der Waals surface area contributed by atoms with Gasteiger partial charge in [-0.15, -0.1) is 0 Å². The number of aryl methyl sites for hydroxylation is 1. The van der Waals surface area contributed by atoms with E-state index in [0.29, 0.717) is 11.6 Å².